The van der Waals surface area contributed by atoms with Crippen LogP contribution in [-0.4, -0.2) is 11.4 Å². The highest BCUT2D eigenvalue weighted by atomic mass is 35.5. The molecule has 0 saturated heterocycles. The Morgan fingerprint density at radius 1 is 1.54 bits per heavy atom. The van der Waals surface area contributed by atoms with E-state index in [0.29, 0.717) is 10.7 Å². The minimum atomic E-state index is 0.250. The zero-order valence-electron chi connectivity index (χ0n) is 7.54. The van der Waals surface area contributed by atoms with Crippen molar-refractivity contribution >= 4 is 23.7 Å². The first-order valence-corrected chi connectivity index (χ1v) is 3.95. The Balaban J connectivity index is 0.000000424. The van der Waals surface area contributed by atoms with Crippen LogP contribution in [0.2, 0.25) is 5.02 Å². The quantitative estimate of drug-likeness (QED) is 0.616. The summed E-state index contributed by atoms with van der Waals surface area (Å²) in [6.45, 7) is 3.74. The lowest BCUT2D eigenvalue weighted by molar-refractivity contribution is -0.106. The highest BCUT2D eigenvalue weighted by Crippen LogP contribution is 2.21. The average Bonchev–Trinajstić information content (AvgIpc) is 2.10. The van der Waals surface area contributed by atoms with Gasteiger partial charge in [0.15, 0.2) is 0 Å². The van der Waals surface area contributed by atoms with Gasteiger partial charge in [-0.15, -0.1) is 0 Å². The number of nitrogen functional groups attached to an aromatic ring is 1. The lowest BCUT2D eigenvalue weighted by Gasteiger charge is -2.02. The lowest BCUT2D eigenvalue weighted by atomic mass is 10.2. The number of halogens is 1. The van der Waals surface area contributed by atoms with Crippen molar-refractivity contribution in [1.82, 2.24) is 4.98 Å². The molecule has 5 heteroatoms. The molecule has 4 N–H and O–H groups in total. The fourth-order valence-corrected chi connectivity index (χ4v) is 0.876. The van der Waals surface area contributed by atoms with Crippen LogP contribution in [-0.2, 0) is 4.79 Å². The topological polar surface area (TPSA) is 82.0 Å². The Kier molecular flexibility index (Phi) is 4.84. The number of nitrogens with zero attached hydrogens (tertiary/aromatic N) is 1. The molecule has 4 nitrogen and oxygen atoms in total. The van der Waals surface area contributed by atoms with Crippen molar-refractivity contribution in [2.45, 2.75) is 13.8 Å². The minimum absolute atomic E-state index is 0.250. The molecule has 1 amide bonds. The number of anilines is 1. The Morgan fingerprint density at radius 2 is 2.00 bits per heavy atom. The molecule has 72 valence electrons. The van der Waals surface area contributed by atoms with Crippen molar-refractivity contribution in [3.63, 3.8) is 0 Å². The summed E-state index contributed by atoms with van der Waals surface area (Å²) in [6.07, 6.45) is 1.87. The standard InChI is InChI=1S/C7H9ClN2.CH3NO/c1-4-6(9)3-10-5(2)7(4)8;2-1-3/h3H,9H2,1-2H3;1H,(H2,2,3). The van der Waals surface area contributed by atoms with Gasteiger partial charge in [-0.3, -0.25) is 9.78 Å². The van der Waals surface area contributed by atoms with Gasteiger partial charge >= 0.3 is 0 Å². The highest BCUT2D eigenvalue weighted by molar-refractivity contribution is 6.32. The van der Waals surface area contributed by atoms with Crippen molar-refractivity contribution in [3.05, 3.63) is 22.5 Å². The van der Waals surface area contributed by atoms with Crippen LogP contribution in [0.1, 0.15) is 11.3 Å². The smallest absolute Gasteiger partial charge is 0.204 e. The predicted molar refractivity (Wildman–Crippen MR) is 53.4 cm³/mol. The fourth-order valence-electron chi connectivity index (χ4n) is 0.718. The molecule has 0 spiro atoms. The Hall–Kier alpha value is -1.29. The molecular weight excluding hydrogens is 190 g/mol. The summed E-state index contributed by atoms with van der Waals surface area (Å²) < 4.78 is 0. The van der Waals surface area contributed by atoms with Crippen LogP contribution in [0.5, 0.6) is 0 Å². The van der Waals surface area contributed by atoms with Crippen LogP contribution in [0.3, 0.4) is 0 Å². The molecule has 0 radical (unpaired) electrons. The Morgan fingerprint density at radius 3 is 2.38 bits per heavy atom. The molecule has 1 heterocycles. The molecule has 13 heavy (non-hydrogen) atoms. The van der Waals surface area contributed by atoms with Crippen LogP contribution >= 0.6 is 11.6 Å². The van der Waals surface area contributed by atoms with Gasteiger partial charge in [0, 0.05) is 0 Å². The Bertz CT molecular complexity index is 275. The van der Waals surface area contributed by atoms with E-state index in [1.54, 1.807) is 6.20 Å². The van der Waals surface area contributed by atoms with E-state index in [-0.39, 0.29) is 6.41 Å². The molecule has 0 aliphatic heterocycles. The third kappa shape index (κ3) is 3.29. The van der Waals surface area contributed by atoms with Crippen molar-refractivity contribution in [2.24, 2.45) is 5.73 Å². The Labute approximate surface area is 81.9 Å². The number of aryl methyl sites for hydroxylation is 1. The van der Waals surface area contributed by atoms with E-state index in [2.05, 4.69) is 10.7 Å². The third-order valence-corrected chi connectivity index (χ3v) is 2.03. The first-order valence-electron chi connectivity index (χ1n) is 3.57. The summed E-state index contributed by atoms with van der Waals surface area (Å²) >= 11 is 5.84. The maximum atomic E-state index is 8.58. The van der Waals surface area contributed by atoms with Crippen molar-refractivity contribution in [1.29, 1.82) is 0 Å². The van der Waals surface area contributed by atoms with Gasteiger partial charge < -0.3 is 11.5 Å². The molecule has 0 bridgehead atoms. The van der Waals surface area contributed by atoms with Gasteiger partial charge in [0.1, 0.15) is 0 Å². The fraction of sp³-hybridized carbons (Fsp3) is 0.250. The number of carbonyl (C=O) groups is 1. The summed E-state index contributed by atoms with van der Waals surface area (Å²) in [5, 5.41) is 0.667. The number of aromatic nitrogens is 1. The van der Waals surface area contributed by atoms with Gasteiger partial charge in [0.2, 0.25) is 6.41 Å². The number of primary amides is 1. The van der Waals surface area contributed by atoms with Crippen LogP contribution in [0.4, 0.5) is 5.69 Å². The van der Waals surface area contributed by atoms with Crippen LogP contribution in [0.15, 0.2) is 6.20 Å². The second-order valence-corrected chi connectivity index (χ2v) is 2.75. The molecule has 0 atom stereocenters. The largest absolute Gasteiger partial charge is 0.397 e. The van der Waals surface area contributed by atoms with E-state index in [0.717, 1.165) is 11.3 Å². The molecule has 0 aliphatic carbocycles. The number of hydrogen-bond donors (Lipinski definition) is 2. The first-order chi connectivity index (χ1) is 6.04. The summed E-state index contributed by atoms with van der Waals surface area (Å²) in [6, 6.07) is 0. The highest BCUT2D eigenvalue weighted by Gasteiger charge is 2.02. The SMILES string of the molecule is Cc1ncc(N)c(C)c1Cl.NC=O. The number of rotatable bonds is 0. The van der Waals surface area contributed by atoms with E-state index >= 15 is 0 Å². The molecule has 0 aromatic carbocycles. The van der Waals surface area contributed by atoms with Crippen molar-refractivity contribution in [2.75, 3.05) is 5.73 Å². The van der Waals surface area contributed by atoms with Gasteiger partial charge in [-0.25, -0.2) is 0 Å². The number of pyridine rings is 1. The lowest BCUT2D eigenvalue weighted by Crippen LogP contribution is -1.94. The molecule has 1 rings (SSSR count). The number of nitrogens with two attached hydrogens (primary N) is 2. The van der Waals surface area contributed by atoms with E-state index in [9.17, 15) is 0 Å². The zero-order chi connectivity index (χ0) is 10.4. The number of carbonyl (C=O) groups excluding carboxylic acids is 1. The van der Waals surface area contributed by atoms with Gasteiger partial charge in [0.25, 0.3) is 0 Å². The number of hydrogen-bond acceptors (Lipinski definition) is 3. The normalized spacial score (nSPS) is 8.54. The van der Waals surface area contributed by atoms with Crippen LogP contribution in [0.25, 0.3) is 0 Å². The van der Waals surface area contributed by atoms with Gasteiger partial charge in [0.05, 0.1) is 22.6 Å². The summed E-state index contributed by atoms with van der Waals surface area (Å²) in [5.74, 6) is 0. The van der Waals surface area contributed by atoms with E-state index in [1.807, 2.05) is 13.8 Å². The zero-order valence-corrected chi connectivity index (χ0v) is 8.30. The van der Waals surface area contributed by atoms with Gasteiger partial charge in [-0.2, -0.15) is 0 Å². The monoisotopic (exact) mass is 201 g/mol. The summed E-state index contributed by atoms with van der Waals surface area (Å²) in [4.78, 5) is 12.6. The average molecular weight is 202 g/mol. The van der Waals surface area contributed by atoms with E-state index in [4.69, 9.17) is 22.1 Å². The summed E-state index contributed by atoms with van der Waals surface area (Å²) in [5.41, 5.74) is 12.1. The molecule has 0 fully saturated rings. The third-order valence-electron chi connectivity index (χ3n) is 1.48. The van der Waals surface area contributed by atoms with Gasteiger partial charge in [-0.05, 0) is 19.4 Å². The molecule has 0 saturated carbocycles. The van der Waals surface area contributed by atoms with Crippen LogP contribution < -0.4 is 11.5 Å². The van der Waals surface area contributed by atoms with E-state index in [1.165, 1.54) is 0 Å². The molecular formula is C8H12ClN3O. The maximum Gasteiger partial charge on any atom is 0.204 e. The molecule has 0 aliphatic rings. The van der Waals surface area contributed by atoms with Gasteiger partial charge in [-0.1, -0.05) is 11.6 Å². The second kappa shape index (κ2) is 5.37. The minimum Gasteiger partial charge on any atom is -0.397 e. The molecule has 0 unspecified atom stereocenters. The molecule has 1 aromatic rings. The van der Waals surface area contributed by atoms with Crippen molar-refractivity contribution in [3.8, 4) is 0 Å². The number of amides is 1. The summed E-state index contributed by atoms with van der Waals surface area (Å²) in [7, 11) is 0. The maximum absolute atomic E-state index is 8.58. The van der Waals surface area contributed by atoms with Crippen LogP contribution in [0, 0.1) is 13.8 Å². The van der Waals surface area contributed by atoms with E-state index < -0.39 is 0 Å². The molecule has 1 aromatic heterocycles. The first kappa shape index (κ1) is 11.7. The second-order valence-electron chi connectivity index (χ2n) is 2.37. The van der Waals surface area contributed by atoms with Crippen molar-refractivity contribution < 1.29 is 4.79 Å². The predicted octanol–water partition coefficient (Wildman–Crippen LogP) is 1.04.